The van der Waals surface area contributed by atoms with Crippen LogP contribution in [0.25, 0.3) is 10.8 Å². The van der Waals surface area contributed by atoms with Gasteiger partial charge in [-0.1, -0.05) is 66.7 Å². The average Bonchev–Trinajstić information content (AvgIpc) is 2.61. The van der Waals surface area contributed by atoms with E-state index >= 15 is 0 Å². The van der Waals surface area contributed by atoms with Crippen molar-refractivity contribution in [1.82, 2.24) is 5.32 Å². The maximum Gasteiger partial charge on any atom is 0.230 e. The molecule has 122 valence electrons. The van der Waals surface area contributed by atoms with Crippen molar-refractivity contribution in [1.29, 1.82) is 0 Å². The zero-order valence-electron chi connectivity index (χ0n) is 13.8. The van der Waals surface area contributed by atoms with E-state index < -0.39 is 0 Å². The van der Waals surface area contributed by atoms with Crippen molar-refractivity contribution in [3.05, 3.63) is 83.4 Å². The van der Waals surface area contributed by atoms with Crippen LogP contribution < -0.4 is 5.32 Å². The molecule has 3 rings (SSSR count). The quantitative estimate of drug-likeness (QED) is 0.707. The lowest BCUT2D eigenvalue weighted by molar-refractivity contribution is -0.118. The van der Waals surface area contributed by atoms with Crippen molar-refractivity contribution in [3.8, 4) is 0 Å². The average molecular weight is 335 g/mol. The third-order valence-electron chi connectivity index (χ3n) is 4.11. The molecule has 3 aromatic carbocycles. The molecule has 0 aliphatic carbocycles. The molecule has 0 bridgehead atoms. The number of hydrogen-bond acceptors (Lipinski definition) is 2. The molecule has 0 aliphatic rings. The minimum absolute atomic E-state index is 0.0847. The molecular formula is C21H21NOS. The Labute approximate surface area is 147 Å². The standard InChI is InChI=1S/C21H21NOS/c1-16-7-2-3-9-19(16)14-24-15-21(23)22-13-18-11-6-10-17-8-4-5-12-20(17)18/h2-12H,13-15H2,1H3,(H,22,23). The van der Waals surface area contributed by atoms with E-state index in [-0.39, 0.29) is 5.91 Å². The lowest BCUT2D eigenvalue weighted by atomic mass is 10.0. The largest absolute Gasteiger partial charge is 0.351 e. The van der Waals surface area contributed by atoms with Gasteiger partial charge in [0.05, 0.1) is 5.75 Å². The zero-order valence-corrected chi connectivity index (χ0v) is 14.6. The maximum absolute atomic E-state index is 12.1. The van der Waals surface area contributed by atoms with Gasteiger partial charge < -0.3 is 5.32 Å². The SMILES string of the molecule is Cc1ccccc1CSCC(=O)NCc1cccc2ccccc12. The molecule has 0 fully saturated rings. The van der Waals surface area contributed by atoms with Crippen LogP contribution in [0.4, 0.5) is 0 Å². The number of amides is 1. The van der Waals surface area contributed by atoms with E-state index in [1.165, 1.54) is 21.9 Å². The summed E-state index contributed by atoms with van der Waals surface area (Å²) in [4.78, 5) is 12.1. The Hall–Kier alpha value is -2.26. The van der Waals surface area contributed by atoms with Gasteiger partial charge in [-0.2, -0.15) is 0 Å². The summed E-state index contributed by atoms with van der Waals surface area (Å²) in [5.41, 5.74) is 3.73. The monoisotopic (exact) mass is 335 g/mol. The molecule has 0 aliphatic heterocycles. The van der Waals surface area contributed by atoms with Gasteiger partial charge in [0.2, 0.25) is 5.91 Å². The van der Waals surface area contributed by atoms with Crippen LogP contribution in [0, 0.1) is 6.92 Å². The number of thioether (sulfide) groups is 1. The number of nitrogens with one attached hydrogen (secondary N) is 1. The fourth-order valence-electron chi connectivity index (χ4n) is 2.72. The molecule has 0 unspecified atom stereocenters. The molecule has 0 radical (unpaired) electrons. The predicted molar refractivity (Wildman–Crippen MR) is 103 cm³/mol. The predicted octanol–water partition coefficient (Wildman–Crippen LogP) is 4.70. The topological polar surface area (TPSA) is 29.1 Å². The molecule has 1 N–H and O–H groups in total. The zero-order chi connectivity index (χ0) is 16.8. The molecule has 1 amide bonds. The summed E-state index contributed by atoms with van der Waals surface area (Å²) in [7, 11) is 0. The number of carbonyl (C=O) groups excluding carboxylic acids is 1. The normalized spacial score (nSPS) is 10.7. The van der Waals surface area contributed by atoms with E-state index in [1.807, 2.05) is 30.3 Å². The van der Waals surface area contributed by atoms with Crippen LogP contribution in [-0.4, -0.2) is 11.7 Å². The first-order valence-corrected chi connectivity index (χ1v) is 9.25. The Kier molecular flexibility index (Phi) is 5.55. The van der Waals surface area contributed by atoms with Crippen molar-refractivity contribution >= 4 is 28.4 Å². The van der Waals surface area contributed by atoms with Gasteiger partial charge >= 0.3 is 0 Å². The molecule has 24 heavy (non-hydrogen) atoms. The summed E-state index contributed by atoms with van der Waals surface area (Å²) in [5.74, 6) is 1.44. The van der Waals surface area contributed by atoms with E-state index in [0.29, 0.717) is 12.3 Å². The molecule has 3 aromatic rings. The van der Waals surface area contributed by atoms with Crippen LogP contribution in [0.15, 0.2) is 66.7 Å². The number of fused-ring (bicyclic) bond motifs is 1. The van der Waals surface area contributed by atoms with E-state index in [9.17, 15) is 4.79 Å². The molecule has 0 aromatic heterocycles. The summed E-state index contributed by atoms with van der Waals surface area (Å²) < 4.78 is 0. The lowest BCUT2D eigenvalue weighted by Gasteiger charge is -2.09. The van der Waals surface area contributed by atoms with Crippen LogP contribution in [-0.2, 0) is 17.1 Å². The van der Waals surface area contributed by atoms with E-state index in [2.05, 4.69) is 48.6 Å². The number of rotatable bonds is 6. The smallest absolute Gasteiger partial charge is 0.230 e. The minimum Gasteiger partial charge on any atom is -0.351 e. The van der Waals surface area contributed by atoms with Gasteiger partial charge in [-0.15, -0.1) is 11.8 Å². The number of aryl methyl sites for hydroxylation is 1. The summed E-state index contributed by atoms with van der Waals surface area (Å²) in [6, 6.07) is 22.8. The van der Waals surface area contributed by atoms with Gasteiger partial charge in [0.25, 0.3) is 0 Å². The number of hydrogen-bond donors (Lipinski definition) is 1. The highest BCUT2D eigenvalue weighted by Crippen LogP contribution is 2.19. The van der Waals surface area contributed by atoms with Gasteiger partial charge in [-0.05, 0) is 34.4 Å². The van der Waals surface area contributed by atoms with E-state index in [0.717, 1.165) is 11.3 Å². The minimum atomic E-state index is 0.0847. The van der Waals surface area contributed by atoms with Crippen LogP contribution in [0.2, 0.25) is 0 Å². The van der Waals surface area contributed by atoms with Crippen molar-refractivity contribution in [2.45, 2.75) is 19.2 Å². The highest BCUT2D eigenvalue weighted by atomic mass is 32.2. The Morgan fingerprint density at radius 2 is 1.62 bits per heavy atom. The summed E-state index contributed by atoms with van der Waals surface area (Å²) in [6.07, 6.45) is 0. The lowest BCUT2D eigenvalue weighted by Crippen LogP contribution is -2.24. The fourth-order valence-corrected chi connectivity index (χ4v) is 3.65. The van der Waals surface area contributed by atoms with Gasteiger partial charge in [-0.25, -0.2) is 0 Å². The first-order chi connectivity index (χ1) is 11.7. The maximum atomic E-state index is 12.1. The Morgan fingerprint density at radius 1 is 0.917 bits per heavy atom. The highest BCUT2D eigenvalue weighted by molar-refractivity contribution is 7.99. The van der Waals surface area contributed by atoms with E-state index in [4.69, 9.17) is 0 Å². The van der Waals surface area contributed by atoms with Gasteiger partial charge in [0, 0.05) is 12.3 Å². The van der Waals surface area contributed by atoms with Crippen LogP contribution in [0.5, 0.6) is 0 Å². The summed E-state index contributed by atoms with van der Waals surface area (Å²) >= 11 is 1.66. The van der Waals surface area contributed by atoms with Gasteiger partial charge in [0.1, 0.15) is 0 Å². The van der Waals surface area contributed by atoms with E-state index in [1.54, 1.807) is 11.8 Å². The summed E-state index contributed by atoms with van der Waals surface area (Å²) in [6.45, 7) is 2.68. The second-order valence-electron chi connectivity index (χ2n) is 5.83. The van der Waals surface area contributed by atoms with Gasteiger partial charge in [-0.3, -0.25) is 4.79 Å². The Bertz CT molecular complexity index is 839. The Balaban J connectivity index is 1.51. The molecule has 0 saturated heterocycles. The van der Waals surface area contributed by atoms with Crippen molar-refractivity contribution < 1.29 is 4.79 Å². The molecule has 0 spiro atoms. The second-order valence-corrected chi connectivity index (χ2v) is 6.82. The van der Waals surface area contributed by atoms with Crippen molar-refractivity contribution in [3.63, 3.8) is 0 Å². The molecular weight excluding hydrogens is 314 g/mol. The highest BCUT2D eigenvalue weighted by Gasteiger charge is 2.05. The number of benzene rings is 3. The second kappa shape index (κ2) is 8.02. The third kappa shape index (κ3) is 4.18. The van der Waals surface area contributed by atoms with Crippen LogP contribution in [0.1, 0.15) is 16.7 Å². The van der Waals surface area contributed by atoms with Gasteiger partial charge in [0.15, 0.2) is 0 Å². The third-order valence-corrected chi connectivity index (χ3v) is 5.09. The van der Waals surface area contributed by atoms with Crippen LogP contribution >= 0.6 is 11.8 Å². The van der Waals surface area contributed by atoms with Crippen molar-refractivity contribution in [2.75, 3.05) is 5.75 Å². The molecule has 2 nitrogen and oxygen atoms in total. The molecule has 3 heteroatoms. The van der Waals surface area contributed by atoms with Crippen molar-refractivity contribution in [2.24, 2.45) is 0 Å². The molecule has 0 saturated carbocycles. The number of carbonyl (C=O) groups is 1. The first kappa shape index (κ1) is 16.6. The molecule has 0 heterocycles. The first-order valence-electron chi connectivity index (χ1n) is 8.09. The summed E-state index contributed by atoms with van der Waals surface area (Å²) in [5, 5.41) is 5.44. The Morgan fingerprint density at radius 3 is 2.50 bits per heavy atom. The van der Waals surface area contributed by atoms with Crippen LogP contribution in [0.3, 0.4) is 0 Å². The molecule has 0 atom stereocenters. The fraction of sp³-hybridized carbons (Fsp3) is 0.190.